The molecule has 0 spiro atoms. The van der Waals surface area contributed by atoms with Crippen molar-refractivity contribution < 1.29 is 14.0 Å². The van der Waals surface area contributed by atoms with E-state index < -0.39 is 0 Å². The van der Waals surface area contributed by atoms with E-state index in [1.54, 1.807) is 0 Å². The van der Waals surface area contributed by atoms with Crippen molar-refractivity contribution in [2.24, 2.45) is 5.41 Å². The van der Waals surface area contributed by atoms with E-state index in [1.165, 1.54) is 18.6 Å². The van der Waals surface area contributed by atoms with Crippen molar-refractivity contribution >= 4 is 6.01 Å². The van der Waals surface area contributed by atoms with Gasteiger partial charge in [-0.3, -0.25) is 0 Å². The summed E-state index contributed by atoms with van der Waals surface area (Å²) in [5, 5.41) is 14.1. The van der Waals surface area contributed by atoms with E-state index in [0.717, 1.165) is 50.2 Å². The van der Waals surface area contributed by atoms with Gasteiger partial charge in [-0.25, -0.2) is 4.39 Å². The summed E-state index contributed by atoms with van der Waals surface area (Å²) >= 11 is 0. The van der Waals surface area contributed by atoms with Crippen molar-refractivity contribution in [2.45, 2.75) is 43.4 Å². The first-order chi connectivity index (χ1) is 12.1. The normalized spacial score (nSPS) is 31.5. The van der Waals surface area contributed by atoms with Crippen molar-refractivity contribution in [3.8, 4) is 0 Å². The minimum absolute atomic E-state index is 0.0697. The fourth-order valence-electron chi connectivity index (χ4n) is 5.02. The van der Waals surface area contributed by atoms with E-state index in [0.29, 0.717) is 11.9 Å². The molecule has 4 aliphatic rings. The number of aliphatic hydroxyl groups excluding tert-OH is 1. The smallest absolute Gasteiger partial charge is 0.324 e. The van der Waals surface area contributed by atoms with Crippen LogP contribution in [-0.4, -0.2) is 34.9 Å². The third kappa shape index (κ3) is 2.30. The second kappa shape index (κ2) is 5.27. The number of hydrogen-bond donors (Lipinski definition) is 1. The van der Waals surface area contributed by atoms with Gasteiger partial charge in [0.25, 0.3) is 0 Å². The van der Waals surface area contributed by atoms with Gasteiger partial charge in [0.15, 0.2) is 5.82 Å². The molecule has 0 unspecified atom stereocenters. The van der Waals surface area contributed by atoms with Gasteiger partial charge < -0.3 is 14.5 Å². The summed E-state index contributed by atoms with van der Waals surface area (Å²) in [6, 6.07) is 7.33. The predicted octanol–water partition coefficient (Wildman–Crippen LogP) is 3.01. The summed E-state index contributed by atoms with van der Waals surface area (Å²) in [5.41, 5.74) is 0.929. The zero-order chi connectivity index (χ0) is 17.1. The molecule has 1 aromatic heterocycles. The Hall–Kier alpha value is -1.95. The molecule has 5 nitrogen and oxygen atoms in total. The Morgan fingerprint density at radius 2 is 1.96 bits per heavy atom. The second-order valence-corrected chi connectivity index (χ2v) is 8.22. The van der Waals surface area contributed by atoms with Gasteiger partial charge in [-0.05, 0) is 43.4 Å². The number of rotatable bonds is 4. The van der Waals surface area contributed by atoms with Crippen LogP contribution < -0.4 is 4.90 Å². The third-order valence-electron chi connectivity index (χ3n) is 6.41. The lowest BCUT2D eigenvalue weighted by Crippen LogP contribution is -2.66. The molecule has 2 aromatic rings. The molecule has 1 N–H and O–H groups in total. The van der Waals surface area contributed by atoms with Gasteiger partial charge in [-0.2, -0.15) is 4.98 Å². The number of halogens is 1. The number of aliphatic hydroxyl groups is 1. The van der Waals surface area contributed by atoms with Crippen LogP contribution in [0.5, 0.6) is 0 Å². The Bertz CT molecular complexity index is 778. The average molecular weight is 343 g/mol. The van der Waals surface area contributed by atoms with Gasteiger partial charge >= 0.3 is 6.01 Å². The Labute approximate surface area is 145 Å². The van der Waals surface area contributed by atoms with E-state index in [9.17, 15) is 9.50 Å². The quantitative estimate of drug-likeness (QED) is 0.925. The molecule has 0 amide bonds. The summed E-state index contributed by atoms with van der Waals surface area (Å²) in [7, 11) is 0. The van der Waals surface area contributed by atoms with Crippen LogP contribution in [0.25, 0.3) is 0 Å². The average Bonchev–Trinajstić information content (AvgIpc) is 3.02. The molecule has 2 saturated carbocycles. The number of fused-ring (bicyclic) bond motifs is 2. The lowest BCUT2D eigenvalue weighted by Gasteiger charge is -2.63. The summed E-state index contributed by atoms with van der Waals surface area (Å²) in [5.74, 6) is 1.03. The highest BCUT2D eigenvalue weighted by Crippen LogP contribution is 2.60. The topological polar surface area (TPSA) is 62.4 Å². The number of benzene rings is 1. The predicted molar refractivity (Wildman–Crippen MR) is 89.9 cm³/mol. The first kappa shape index (κ1) is 15.3. The van der Waals surface area contributed by atoms with Crippen molar-refractivity contribution in [1.29, 1.82) is 0 Å². The largest absolute Gasteiger partial charge is 0.396 e. The molecule has 0 atom stereocenters. The molecule has 6 heteroatoms. The van der Waals surface area contributed by atoms with Crippen LogP contribution in [0.2, 0.25) is 0 Å². The summed E-state index contributed by atoms with van der Waals surface area (Å²) < 4.78 is 18.9. The molecule has 1 aromatic carbocycles. The molecular formula is C19H22FN3O2. The van der Waals surface area contributed by atoms with Gasteiger partial charge in [0.1, 0.15) is 5.82 Å². The minimum Gasteiger partial charge on any atom is -0.396 e. The van der Waals surface area contributed by atoms with Crippen LogP contribution in [-0.2, 0) is 5.41 Å². The third-order valence-corrected chi connectivity index (χ3v) is 6.41. The first-order valence-corrected chi connectivity index (χ1v) is 9.07. The number of aromatic nitrogens is 2. The highest BCUT2D eigenvalue weighted by molar-refractivity contribution is 5.42. The molecule has 6 rings (SSSR count). The zero-order valence-corrected chi connectivity index (χ0v) is 14.1. The highest BCUT2D eigenvalue weighted by atomic mass is 19.1. The van der Waals surface area contributed by atoms with Gasteiger partial charge in [0.05, 0.1) is 6.61 Å². The van der Waals surface area contributed by atoms with Crippen LogP contribution in [0.15, 0.2) is 28.8 Å². The maximum absolute atomic E-state index is 13.3. The van der Waals surface area contributed by atoms with E-state index in [2.05, 4.69) is 15.0 Å². The number of piperidine rings is 2. The first-order valence-electron chi connectivity index (χ1n) is 9.07. The molecule has 25 heavy (non-hydrogen) atoms. The van der Waals surface area contributed by atoms with Crippen LogP contribution >= 0.6 is 0 Å². The lowest BCUT2D eigenvalue weighted by atomic mass is 9.48. The molecule has 2 aliphatic heterocycles. The zero-order valence-electron chi connectivity index (χ0n) is 14.1. The fourth-order valence-corrected chi connectivity index (χ4v) is 5.02. The van der Waals surface area contributed by atoms with Crippen LogP contribution in [0.1, 0.15) is 49.4 Å². The monoisotopic (exact) mass is 343 g/mol. The Morgan fingerprint density at radius 1 is 1.20 bits per heavy atom. The van der Waals surface area contributed by atoms with Crippen molar-refractivity contribution in [1.82, 2.24) is 10.1 Å². The molecule has 2 bridgehead atoms. The molecule has 0 radical (unpaired) electrons. The fraction of sp³-hybridized carbons (Fsp3) is 0.579. The molecule has 4 fully saturated rings. The summed E-state index contributed by atoms with van der Waals surface area (Å²) in [4.78, 5) is 6.73. The molecule has 132 valence electrons. The van der Waals surface area contributed by atoms with Crippen LogP contribution in [0, 0.1) is 11.2 Å². The summed E-state index contributed by atoms with van der Waals surface area (Å²) in [6.45, 7) is 1.65. The highest BCUT2D eigenvalue weighted by Gasteiger charge is 2.60. The van der Waals surface area contributed by atoms with Crippen LogP contribution in [0.4, 0.5) is 10.4 Å². The molecular weight excluding hydrogens is 321 g/mol. The van der Waals surface area contributed by atoms with Crippen molar-refractivity contribution in [3.05, 3.63) is 41.5 Å². The van der Waals surface area contributed by atoms with Gasteiger partial charge in [0, 0.05) is 29.8 Å². The van der Waals surface area contributed by atoms with Gasteiger partial charge in [-0.1, -0.05) is 23.7 Å². The SMILES string of the molecule is OCC12CN(c3nc(C4CCC4)no3)CC(c3ccc(F)cc3)(C1)C2. The number of nitrogens with zero attached hydrogens (tertiary/aromatic N) is 3. The van der Waals surface area contributed by atoms with E-state index in [4.69, 9.17) is 4.52 Å². The van der Waals surface area contributed by atoms with Crippen LogP contribution in [0.3, 0.4) is 0 Å². The van der Waals surface area contributed by atoms with Gasteiger partial charge in [-0.15, -0.1) is 0 Å². The number of hydrogen-bond acceptors (Lipinski definition) is 5. The molecule has 2 saturated heterocycles. The lowest BCUT2D eigenvalue weighted by molar-refractivity contribution is -0.0469. The Kier molecular flexibility index (Phi) is 3.23. The minimum atomic E-state index is -0.220. The van der Waals surface area contributed by atoms with Crippen molar-refractivity contribution in [2.75, 3.05) is 24.6 Å². The number of anilines is 1. The van der Waals surface area contributed by atoms with E-state index in [-0.39, 0.29) is 23.3 Å². The van der Waals surface area contributed by atoms with Crippen molar-refractivity contribution in [3.63, 3.8) is 0 Å². The van der Waals surface area contributed by atoms with E-state index >= 15 is 0 Å². The standard InChI is InChI=1S/C19H22FN3O2/c20-15-6-4-14(5-7-15)19-8-18(9-19,12-24)10-23(11-19)17-21-16(22-25-17)13-2-1-3-13/h4-7,13,24H,1-3,8-12H2. The van der Waals surface area contributed by atoms with Gasteiger partial charge in [0.2, 0.25) is 0 Å². The summed E-state index contributed by atoms with van der Waals surface area (Å²) in [6.07, 6.45) is 5.35. The molecule has 3 heterocycles. The maximum atomic E-state index is 13.3. The Balaban J connectivity index is 1.43. The second-order valence-electron chi connectivity index (χ2n) is 8.22. The Morgan fingerprint density at radius 3 is 2.60 bits per heavy atom. The maximum Gasteiger partial charge on any atom is 0.324 e. The molecule has 2 aliphatic carbocycles. The van der Waals surface area contributed by atoms with E-state index in [1.807, 2.05) is 12.1 Å².